The van der Waals surface area contributed by atoms with Crippen molar-refractivity contribution in [2.75, 3.05) is 11.9 Å². The van der Waals surface area contributed by atoms with Crippen LogP contribution in [0.5, 0.6) is 0 Å². The number of benzene rings is 2. The molecule has 0 saturated carbocycles. The van der Waals surface area contributed by atoms with Crippen LogP contribution in [0.1, 0.15) is 16.7 Å². The molecule has 0 aromatic heterocycles. The van der Waals surface area contributed by atoms with Crippen LogP contribution in [0.3, 0.4) is 0 Å². The predicted molar refractivity (Wildman–Crippen MR) is 96.0 cm³/mol. The first-order chi connectivity index (χ1) is 11.4. The first-order valence-corrected chi connectivity index (χ1v) is 7.79. The Hall–Kier alpha value is -2.59. The minimum absolute atomic E-state index is 0.341. The Kier molecular flexibility index (Phi) is 6.15. The average Bonchev–Trinajstić information content (AvgIpc) is 2.54. The van der Waals surface area contributed by atoms with Crippen molar-refractivity contribution in [3.05, 3.63) is 70.3 Å². The summed E-state index contributed by atoms with van der Waals surface area (Å²) in [5, 5.41) is 3.30. The van der Waals surface area contributed by atoms with E-state index in [4.69, 9.17) is 16.3 Å². The van der Waals surface area contributed by atoms with E-state index in [-0.39, 0.29) is 12.5 Å². The van der Waals surface area contributed by atoms with Gasteiger partial charge in [-0.15, -0.1) is 0 Å². The highest BCUT2D eigenvalue weighted by atomic mass is 35.5. The number of hydrogen-bond acceptors (Lipinski definition) is 3. The molecule has 24 heavy (non-hydrogen) atoms. The highest BCUT2D eigenvalue weighted by Gasteiger charge is 2.07. The van der Waals surface area contributed by atoms with Crippen molar-refractivity contribution < 1.29 is 14.3 Å². The Bertz CT molecular complexity index is 784. The lowest BCUT2D eigenvalue weighted by atomic mass is 10.1. The van der Waals surface area contributed by atoms with Gasteiger partial charge in [0.25, 0.3) is 5.91 Å². The molecule has 0 radical (unpaired) electrons. The first kappa shape index (κ1) is 17.8. The molecule has 2 rings (SSSR count). The number of carbonyl (C=O) groups excluding carboxylic acids is 2. The van der Waals surface area contributed by atoms with Gasteiger partial charge in [0.05, 0.1) is 0 Å². The second kappa shape index (κ2) is 8.31. The summed E-state index contributed by atoms with van der Waals surface area (Å²) in [5.41, 5.74) is 3.55. The van der Waals surface area contributed by atoms with E-state index in [9.17, 15) is 9.59 Å². The van der Waals surface area contributed by atoms with E-state index in [1.54, 1.807) is 24.3 Å². The molecule has 2 aromatic carbocycles. The highest BCUT2D eigenvalue weighted by molar-refractivity contribution is 6.30. The van der Waals surface area contributed by atoms with Gasteiger partial charge >= 0.3 is 5.97 Å². The lowest BCUT2D eigenvalue weighted by Crippen LogP contribution is -2.20. The molecular formula is C19H18ClNO3. The molecule has 0 atom stereocenters. The van der Waals surface area contributed by atoms with E-state index >= 15 is 0 Å². The van der Waals surface area contributed by atoms with Crippen molar-refractivity contribution in [2.45, 2.75) is 13.8 Å². The molecule has 124 valence electrons. The quantitative estimate of drug-likeness (QED) is 0.655. The van der Waals surface area contributed by atoms with Gasteiger partial charge in [-0.25, -0.2) is 4.79 Å². The van der Waals surface area contributed by atoms with Gasteiger partial charge in [0.15, 0.2) is 6.61 Å². The minimum Gasteiger partial charge on any atom is -0.452 e. The van der Waals surface area contributed by atoms with E-state index in [0.29, 0.717) is 10.7 Å². The summed E-state index contributed by atoms with van der Waals surface area (Å²) in [6.45, 7) is 3.54. The molecule has 1 N–H and O–H groups in total. The van der Waals surface area contributed by atoms with E-state index in [0.717, 1.165) is 16.7 Å². The average molecular weight is 344 g/mol. The summed E-state index contributed by atoms with van der Waals surface area (Å²) in [5.74, 6) is -0.975. The minimum atomic E-state index is -0.592. The van der Waals surface area contributed by atoms with E-state index in [1.807, 2.05) is 38.1 Å². The molecule has 0 aliphatic carbocycles. The maximum Gasteiger partial charge on any atom is 0.331 e. The maximum absolute atomic E-state index is 11.8. The zero-order chi connectivity index (χ0) is 17.5. The summed E-state index contributed by atoms with van der Waals surface area (Å²) in [4.78, 5) is 23.5. The summed E-state index contributed by atoms with van der Waals surface area (Å²) >= 11 is 5.86. The molecular weight excluding hydrogens is 326 g/mol. The maximum atomic E-state index is 11.8. The Morgan fingerprint density at radius 1 is 1.17 bits per heavy atom. The SMILES string of the molecule is Cc1ccc(NC(=O)COC(=O)/C=C/c2cccc(Cl)c2)c(C)c1. The van der Waals surface area contributed by atoms with E-state index in [1.165, 1.54) is 6.08 Å². The molecule has 0 fully saturated rings. The molecule has 0 spiro atoms. The number of amides is 1. The van der Waals surface area contributed by atoms with Gasteiger partial charge < -0.3 is 10.1 Å². The Labute approximate surface area is 146 Å². The Balaban J connectivity index is 1.83. The highest BCUT2D eigenvalue weighted by Crippen LogP contribution is 2.16. The molecule has 0 unspecified atom stereocenters. The molecule has 0 bridgehead atoms. The third-order valence-corrected chi connectivity index (χ3v) is 3.50. The normalized spacial score (nSPS) is 10.6. The van der Waals surface area contributed by atoms with Crippen molar-refractivity contribution >= 4 is 35.2 Å². The Morgan fingerprint density at radius 3 is 2.67 bits per heavy atom. The van der Waals surface area contributed by atoms with Gasteiger partial charge in [0.1, 0.15) is 0 Å². The molecule has 0 aliphatic rings. The van der Waals surface area contributed by atoms with Gasteiger partial charge in [-0.1, -0.05) is 41.4 Å². The lowest BCUT2D eigenvalue weighted by Gasteiger charge is -2.09. The third kappa shape index (κ3) is 5.56. The van der Waals surface area contributed by atoms with Crippen molar-refractivity contribution in [3.63, 3.8) is 0 Å². The van der Waals surface area contributed by atoms with Crippen LogP contribution in [0.2, 0.25) is 5.02 Å². The number of anilines is 1. The lowest BCUT2D eigenvalue weighted by molar-refractivity contribution is -0.142. The molecule has 2 aromatic rings. The monoisotopic (exact) mass is 343 g/mol. The fourth-order valence-electron chi connectivity index (χ4n) is 2.10. The van der Waals surface area contributed by atoms with Crippen LogP contribution in [-0.2, 0) is 14.3 Å². The number of ether oxygens (including phenoxy) is 1. The third-order valence-electron chi connectivity index (χ3n) is 3.26. The zero-order valence-electron chi connectivity index (χ0n) is 13.5. The number of aryl methyl sites for hydroxylation is 2. The second-order valence-electron chi connectivity index (χ2n) is 5.36. The van der Waals surface area contributed by atoms with Crippen molar-refractivity contribution in [1.29, 1.82) is 0 Å². The summed E-state index contributed by atoms with van der Waals surface area (Å²) in [6, 6.07) is 12.8. The smallest absolute Gasteiger partial charge is 0.331 e. The van der Waals surface area contributed by atoms with Crippen LogP contribution in [0.4, 0.5) is 5.69 Å². The number of halogens is 1. The van der Waals surface area contributed by atoms with Crippen LogP contribution in [-0.4, -0.2) is 18.5 Å². The summed E-state index contributed by atoms with van der Waals surface area (Å²) in [6.07, 6.45) is 2.84. The van der Waals surface area contributed by atoms with Gasteiger partial charge in [0.2, 0.25) is 0 Å². The summed E-state index contributed by atoms with van der Waals surface area (Å²) < 4.78 is 4.92. The first-order valence-electron chi connectivity index (χ1n) is 7.41. The van der Waals surface area contributed by atoms with Crippen LogP contribution in [0, 0.1) is 13.8 Å². The molecule has 4 nitrogen and oxygen atoms in total. The number of hydrogen-bond donors (Lipinski definition) is 1. The van der Waals surface area contributed by atoms with Crippen LogP contribution in [0.25, 0.3) is 6.08 Å². The summed E-state index contributed by atoms with van der Waals surface area (Å²) in [7, 11) is 0. The molecule has 0 aliphatic heterocycles. The largest absolute Gasteiger partial charge is 0.452 e. The zero-order valence-corrected chi connectivity index (χ0v) is 14.3. The van der Waals surface area contributed by atoms with Crippen molar-refractivity contribution in [3.8, 4) is 0 Å². The molecule has 5 heteroatoms. The molecule has 0 heterocycles. The standard InChI is InChI=1S/C19H18ClNO3/c1-13-6-8-17(14(2)10-13)21-18(22)12-24-19(23)9-7-15-4-3-5-16(20)11-15/h3-11H,12H2,1-2H3,(H,21,22)/b9-7+. The van der Waals surface area contributed by atoms with Crippen LogP contribution < -0.4 is 5.32 Å². The van der Waals surface area contributed by atoms with Gasteiger partial charge in [-0.2, -0.15) is 0 Å². The predicted octanol–water partition coefficient (Wildman–Crippen LogP) is 4.15. The van der Waals surface area contributed by atoms with Gasteiger partial charge in [0, 0.05) is 16.8 Å². The van der Waals surface area contributed by atoms with Gasteiger partial charge in [-0.3, -0.25) is 4.79 Å². The van der Waals surface area contributed by atoms with Crippen LogP contribution in [0.15, 0.2) is 48.5 Å². The second-order valence-corrected chi connectivity index (χ2v) is 5.80. The number of rotatable bonds is 5. The fourth-order valence-corrected chi connectivity index (χ4v) is 2.30. The number of nitrogens with one attached hydrogen (secondary N) is 1. The van der Waals surface area contributed by atoms with Crippen molar-refractivity contribution in [1.82, 2.24) is 0 Å². The molecule has 0 saturated heterocycles. The van der Waals surface area contributed by atoms with Crippen LogP contribution >= 0.6 is 11.6 Å². The molecule has 1 amide bonds. The van der Waals surface area contributed by atoms with E-state index < -0.39 is 5.97 Å². The topological polar surface area (TPSA) is 55.4 Å². The van der Waals surface area contributed by atoms with Crippen molar-refractivity contribution in [2.24, 2.45) is 0 Å². The van der Waals surface area contributed by atoms with Gasteiger partial charge in [-0.05, 0) is 49.2 Å². The number of carbonyl (C=O) groups is 2. The Morgan fingerprint density at radius 2 is 1.96 bits per heavy atom. The number of esters is 1. The van der Waals surface area contributed by atoms with E-state index in [2.05, 4.69) is 5.32 Å². The fraction of sp³-hybridized carbons (Fsp3) is 0.158.